The zero-order valence-electron chi connectivity index (χ0n) is 16.1. The van der Waals surface area contributed by atoms with Crippen LogP contribution in [-0.4, -0.2) is 41.8 Å². The molecule has 0 aliphatic carbocycles. The Labute approximate surface area is 171 Å². The number of carboxylic acid groups (broad SMARTS) is 2. The van der Waals surface area contributed by atoms with Crippen LogP contribution < -0.4 is 0 Å². The molecule has 8 heteroatoms. The van der Waals surface area contributed by atoms with Crippen LogP contribution in [0.5, 0.6) is 5.75 Å². The number of fused-ring (bicyclic) bond motifs is 1. The highest BCUT2D eigenvalue weighted by Crippen LogP contribution is 2.22. The van der Waals surface area contributed by atoms with Crippen LogP contribution >= 0.6 is 0 Å². The highest BCUT2D eigenvalue weighted by atomic mass is 16.4. The minimum absolute atomic E-state index is 0.252. The number of aromatic nitrogens is 3. The van der Waals surface area contributed by atoms with Crippen LogP contribution in [-0.2, 0) is 6.54 Å². The first-order chi connectivity index (χ1) is 14.4. The Kier molecular flexibility index (Phi) is 6.07. The van der Waals surface area contributed by atoms with Crippen molar-refractivity contribution in [3.8, 4) is 17.3 Å². The van der Waals surface area contributed by atoms with Crippen LogP contribution in [0.2, 0.25) is 0 Å². The number of carbonyl (C=O) groups is 2. The number of para-hydroxylation sites is 2. The number of hydrogen-bond donors (Lipinski definition) is 3. The summed E-state index contributed by atoms with van der Waals surface area (Å²) in [5.74, 6) is -2.00. The molecule has 0 unspecified atom stereocenters. The number of aromatic carboxylic acids is 2. The van der Waals surface area contributed by atoms with Gasteiger partial charge in [0.2, 0.25) is 0 Å². The molecule has 0 saturated heterocycles. The predicted octanol–water partition coefficient (Wildman–Crippen LogP) is 3.91. The minimum Gasteiger partial charge on any atom is -0.508 e. The second-order valence-corrected chi connectivity index (χ2v) is 6.26. The Morgan fingerprint density at radius 2 is 1.57 bits per heavy atom. The third-order valence-corrected chi connectivity index (χ3v) is 4.28. The fraction of sp³-hybridized carbons (Fsp3) is 0.0909. The molecule has 3 N–H and O–H groups in total. The second kappa shape index (κ2) is 8.87. The van der Waals surface area contributed by atoms with Gasteiger partial charge in [-0.1, -0.05) is 18.2 Å². The van der Waals surface area contributed by atoms with Gasteiger partial charge in [-0.05, 0) is 49.4 Å². The fourth-order valence-corrected chi connectivity index (χ4v) is 2.94. The number of pyridine rings is 1. The summed E-state index contributed by atoms with van der Waals surface area (Å²) in [5, 5.41) is 26.0. The van der Waals surface area contributed by atoms with Crippen LogP contribution in [0.25, 0.3) is 22.6 Å². The SMILES string of the molecule is CCn1c(-c2ccccn2)nc2ccccc21.O=C(O)c1cc(O)cc(C(=O)O)c1. The van der Waals surface area contributed by atoms with Crippen molar-refractivity contribution in [3.63, 3.8) is 0 Å². The van der Waals surface area contributed by atoms with Gasteiger partial charge in [-0.3, -0.25) is 4.98 Å². The Balaban J connectivity index is 0.000000178. The van der Waals surface area contributed by atoms with E-state index in [9.17, 15) is 9.59 Å². The lowest BCUT2D eigenvalue weighted by Gasteiger charge is -2.04. The molecule has 2 aromatic heterocycles. The Hall–Kier alpha value is -4.20. The smallest absolute Gasteiger partial charge is 0.335 e. The van der Waals surface area contributed by atoms with Gasteiger partial charge in [0.1, 0.15) is 11.4 Å². The van der Waals surface area contributed by atoms with Gasteiger partial charge in [-0.15, -0.1) is 0 Å². The number of nitrogens with zero attached hydrogens (tertiary/aromatic N) is 3. The number of benzene rings is 2. The maximum atomic E-state index is 10.4. The summed E-state index contributed by atoms with van der Waals surface area (Å²) in [4.78, 5) is 29.9. The number of hydrogen-bond acceptors (Lipinski definition) is 5. The predicted molar refractivity (Wildman–Crippen MR) is 111 cm³/mol. The van der Waals surface area contributed by atoms with Crippen molar-refractivity contribution >= 4 is 23.0 Å². The van der Waals surface area contributed by atoms with E-state index in [0.29, 0.717) is 0 Å². The first kappa shape index (κ1) is 20.5. The van der Waals surface area contributed by atoms with Crippen molar-refractivity contribution in [2.24, 2.45) is 0 Å². The maximum absolute atomic E-state index is 10.4. The van der Waals surface area contributed by atoms with Gasteiger partial charge in [0.15, 0.2) is 5.82 Å². The number of phenols is 1. The van der Waals surface area contributed by atoms with E-state index in [0.717, 1.165) is 47.3 Å². The lowest BCUT2D eigenvalue weighted by Crippen LogP contribution is -2.01. The molecule has 2 heterocycles. The van der Waals surface area contributed by atoms with Gasteiger partial charge in [0.25, 0.3) is 0 Å². The van der Waals surface area contributed by atoms with E-state index < -0.39 is 11.9 Å². The van der Waals surface area contributed by atoms with Crippen LogP contribution in [0.3, 0.4) is 0 Å². The summed E-state index contributed by atoms with van der Waals surface area (Å²) >= 11 is 0. The van der Waals surface area contributed by atoms with Gasteiger partial charge in [0, 0.05) is 12.7 Å². The summed E-state index contributed by atoms with van der Waals surface area (Å²) < 4.78 is 2.19. The topological polar surface area (TPSA) is 126 Å². The lowest BCUT2D eigenvalue weighted by molar-refractivity contribution is 0.0696. The van der Waals surface area contributed by atoms with Crippen molar-refractivity contribution < 1.29 is 24.9 Å². The molecule has 0 atom stereocenters. The molecule has 8 nitrogen and oxygen atoms in total. The van der Waals surface area contributed by atoms with E-state index in [1.807, 2.05) is 36.4 Å². The van der Waals surface area contributed by atoms with Crippen LogP contribution in [0.15, 0.2) is 66.9 Å². The van der Waals surface area contributed by atoms with Crippen molar-refractivity contribution in [3.05, 3.63) is 78.0 Å². The van der Waals surface area contributed by atoms with E-state index in [1.54, 1.807) is 6.20 Å². The van der Waals surface area contributed by atoms with Crippen LogP contribution in [0, 0.1) is 0 Å². The van der Waals surface area contributed by atoms with Gasteiger partial charge >= 0.3 is 11.9 Å². The summed E-state index contributed by atoms with van der Waals surface area (Å²) in [6, 6.07) is 17.0. The van der Waals surface area contributed by atoms with Gasteiger partial charge in [-0.2, -0.15) is 0 Å². The summed E-state index contributed by atoms with van der Waals surface area (Å²) in [7, 11) is 0. The maximum Gasteiger partial charge on any atom is 0.335 e. The number of rotatable bonds is 4. The largest absolute Gasteiger partial charge is 0.508 e. The third-order valence-electron chi connectivity index (χ3n) is 4.28. The molecule has 0 aliphatic heterocycles. The van der Waals surface area contributed by atoms with Crippen molar-refractivity contribution in [1.29, 1.82) is 0 Å². The van der Waals surface area contributed by atoms with Crippen LogP contribution in [0.4, 0.5) is 0 Å². The monoisotopic (exact) mass is 405 g/mol. The zero-order valence-corrected chi connectivity index (χ0v) is 16.1. The standard InChI is InChI=1S/C14H13N3.C8H6O5/c1-2-17-13-9-4-3-7-11(13)16-14(17)12-8-5-6-10-15-12;9-6-2-4(7(10)11)1-5(3-6)8(12)13/h3-10H,2H2,1H3;1-3,9H,(H,10,11)(H,12,13). The molecule has 152 valence electrons. The zero-order chi connectivity index (χ0) is 21.7. The average Bonchev–Trinajstić information content (AvgIpc) is 3.13. The Morgan fingerprint density at radius 3 is 2.13 bits per heavy atom. The molecule has 4 rings (SSSR count). The van der Waals surface area contributed by atoms with Crippen molar-refractivity contribution in [2.45, 2.75) is 13.5 Å². The highest BCUT2D eigenvalue weighted by molar-refractivity contribution is 5.94. The molecule has 2 aromatic carbocycles. The first-order valence-corrected chi connectivity index (χ1v) is 9.08. The summed E-state index contributed by atoms with van der Waals surface area (Å²) in [6.45, 7) is 3.02. The number of imidazole rings is 1. The van der Waals surface area contributed by atoms with Crippen molar-refractivity contribution in [1.82, 2.24) is 14.5 Å². The molecule has 0 saturated carbocycles. The Bertz CT molecular complexity index is 1170. The molecule has 0 spiro atoms. The van der Waals surface area contributed by atoms with Crippen LogP contribution in [0.1, 0.15) is 27.6 Å². The van der Waals surface area contributed by atoms with E-state index >= 15 is 0 Å². The lowest BCUT2D eigenvalue weighted by atomic mass is 10.1. The average molecular weight is 405 g/mol. The molecular formula is C22H19N3O5. The number of phenolic OH excluding ortho intramolecular Hbond substituents is 1. The third kappa shape index (κ3) is 4.44. The molecule has 0 amide bonds. The molecular weight excluding hydrogens is 386 g/mol. The quantitative estimate of drug-likeness (QED) is 0.470. The van der Waals surface area contributed by atoms with Crippen molar-refractivity contribution in [2.75, 3.05) is 0 Å². The molecule has 30 heavy (non-hydrogen) atoms. The van der Waals surface area contributed by atoms with Gasteiger partial charge in [0.05, 0.1) is 22.2 Å². The van der Waals surface area contributed by atoms with E-state index in [4.69, 9.17) is 15.3 Å². The number of carboxylic acids is 2. The molecule has 4 aromatic rings. The molecule has 0 aliphatic rings. The summed E-state index contributed by atoms with van der Waals surface area (Å²) in [6.07, 6.45) is 1.80. The first-order valence-electron chi connectivity index (χ1n) is 9.08. The normalized spacial score (nSPS) is 10.3. The Morgan fingerprint density at radius 1 is 0.933 bits per heavy atom. The van der Waals surface area contributed by atoms with Gasteiger partial charge in [-0.25, -0.2) is 14.6 Å². The highest BCUT2D eigenvalue weighted by Gasteiger charge is 2.11. The molecule has 0 radical (unpaired) electrons. The molecule has 0 bridgehead atoms. The van der Waals surface area contributed by atoms with Gasteiger partial charge < -0.3 is 19.9 Å². The minimum atomic E-state index is -1.28. The van der Waals surface area contributed by atoms with E-state index in [1.165, 1.54) is 0 Å². The van der Waals surface area contributed by atoms with E-state index in [2.05, 4.69) is 27.5 Å². The second-order valence-electron chi connectivity index (χ2n) is 6.26. The number of aromatic hydroxyl groups is 1. The summed E-state index contributed by atoms with van der Waals surface area (Å²) in [5.41, 5.74) is 2.60. The van der Waals surface area contributed by atoms with E-state index in [-0.39, 0.29) is 16.9 Å². The number of aryl methyl sites for hydroxylation is 1. The fourth-order valence-electron chi connectivity index (χ4n) is 2.94. The molecule has 0 fully saturated rings.